The van der Waals surface area contributed by atoms with Crippen LogP contribution in [0.2, 0.25) is 5.02 Å². The summed E-state index contributed by atoms with van der Waals surface area (Å²) >= 11 is 5.76. The number of carbonyl (C=O) groups is 1. The van der Waals surface area contributed by atoms with Crippen LogP contribution >= 0.6 is 11.6 Å². The normalized spacial score (nSPS) is 11.4. The van der Waals surface area contributed by atoms with Crippen molar-refractivity contribution in [2.24, 2.45) is 0 Å². The molecule has 0 atom stereocenters. The molecule has 1 amide bonds. The topological polar surface area (TPSA) is 63.2 Å². The molecule has 0 unspecified atom stereocenters. The summed E-state index contributed by atoms with van der Waals surface area (Å²) in [6.45, 7) is 0. The van der Waals surface area contributed by atoms with E-state index in [9.17, 15) is 13.2 Å². The van der Waals surface area contributed by atoms with Gasteiger partial charge < -0.3 is 5.32 Å². The summed E-state index contributed by atoms with van der Waals surface area (Å²) in [7, 11) is -3.52. The van der Waals surface area contributed by atoms with Gasteiger partial charge in [-0.25, -0.2) is 8.42 Å². The number of halogens is 1. The van der Waals surface area contributed by atoms with Crippen molar-refractivity contribution in [3.05, 3.63) is 71.8 Å². The summed E-state index contributed by atoms with van der Waals surface area (Å²) in [5.74, 6) is -0.596. The van der Waals surface area contributed by atoms with Crippen molar-refractivity contribution in [1.29, 1.82) is 0 Å². The van der Waals surface area contributed by atoms with Crippen molar-refractivity contribution >= 4 is 43.8 Å². The van der Waals surface area contributed by atoms with Crippen LogP contribution in [0.25, 0.3) is 10.8 Å². The monoisotopic (exact) mass is 373 g/mol. The molecule has 0 aliphatic heterocycles. The zero-order chi connectivity index (χ0) is 17.9. The Bertz CT molecular complexity index is 1010. The summed E-state index contributed by atoms with van der Waals surface area (Å²) < 4.78 is 24.5. The fourth-order valence-corrected chi connectivity index (χ4v) is 3.84. The lowest BCUT2D eigenvalue weighted by molar-refractivity contribution is -0.115. The first-order valence-corrected chi connectivity index (χ1v) is 9.74. The Morgan fingerprint density at radius 3 is 2.32 bits per heavy atom. The van der Waals surface area contributed by atoms with E-state index in [0.717, 1.165) is 10.8 Å². The molecule has 0 fully saturated rings. The van der Waals surface area contributed by atoms with Gasteiger partial charge in [0.1, 0.15) is 0 Å². The van der Waals surface area contributed by atoms with Gasteiger partial charge in [-0.15, -0.1) is 0 Å². The molecular formula is C19H16ClNO3S. The van der Waals surface area contributed by atoms with Gasteiger partial charge in [0, 0.05) is 17.1 Å². The van der Waals surface area contributed by atoms with Crippen LogP contribution < -0.4 is 5.32 Å². The summed E-state index contributed by atoms with van der Waals surface area (Å²) in [6, 6.07) is 19.3. The van der Waals surface area contributed by atoms with Gasteiger partial charge in [-0.05, 0) is 47.2 Å². The van der Waals surface area contributed by atoms with Crippen molar-refractivity contribution < 1.29 is 13.2 Å². The van der Waals surface area contributed by atoms with E-state index in [1.807, 2.05) is 36.4 Å². The Morgan fingerprint density at radius 1 is 0.920 bits per heavy atom. The lowest BCUT2D eigenvalue weighted by atomic mass is 10.1. The Kier molecular flexibility index (Phi) is 5.06. The number of rotatable bonds is 5. The Balaban J connectivity index is 1.64. The third-order valence-corrected chi connectivity index (χ3v) is 5.79. The SMILES string of the molecule is O=C(CCS(=O)(=O)c1ccc(Cl)cc1)Nc1ccc2ccccc2c1. The molecule has 0 aromatic heterocycles. The highest BCUT2D eigenvalue weighted by Gasteiger charge is 2.16. The lowest BCUT2D eigenvalue weighted by Gasteiger charge is -2.08. The van der Waals surface area contributed by atoms with E-state index in [4.69, 9.17) is 11.6 Å². The highest BCUT2D eigenvalue weighted by molar-refractivity contribution is 7.91. The highest BCUT2D eigenvalue weighted by atomic mass is 35.5. The number of anilines is 1. The molecule has 0 aliphatic carbocycles. The number of amides is 1. The number of hydrogen-bond acceptors (Lipinski definition) is 3. The van der Waals surface area contributed by atoms with Crippen LogP contribution in [-0.2, 0) is 14.6 Å². The number of fused-ring (bicyclic) bond motifs is 1. The minimum Gasteiger partial charge on any atom is -0.326 e. The minimum atomic E-state index is -3.52. The summed E-state index contributed by atoms with van der Waals surface area (Å²) in [4.78, 5) is 12.2. The number of sulfone groups is 1. The molecule has 0 radical (unpaired) electrons. The van der Waals surface area contributed by atoms with Gasteiger partial charge in [0.25, 0.3) is 0 Å². The quantitative estimate of drug-likeness (QED) is 0.725. The molecule has 4 nitrogen and oxygen atoms in total. The van der Waals surface area contributed by atoms with E-state index in [0.29, 0.717) is 10.7 Å². The molecule has 3 aromatic rings. The average Bonchev–Trinajstić information content (AvgIpc) is 2.60. The third kappa shape index (κ3) is 4.38. The molecule has 0 aliphatic rings. The number of benzene rings is 3. The van der Waals surface area contributed by atoms with Gasteiger partial charge in [-0.2, -0.15) is 0 Å². The first-order valence-electron chi connectivity index (χ1n) is 7.71. The summed E-state index contributed by atoms with van der Waals surface area (Å²) in [5.41, 5.74) is 0.646. The fourth-order valence-electron chi connectivity index (χ4n) is 2.48. The largest absolute Gasteiger partial charge is 0.326 e. The molecule has 128 valence electrons. The second-order valence-electron chi connectivity index (χ2n) is 5.63. The zero-order valence-corrected chi connectivity index (χ0v) is 14.8. The highest BCUT2D eigenvalue weighted by Crippen LogP contribution is 2.20. The van der Waals surface area contributed by atoms with E-state index in [2.05, 4.69) is 5.32 Å². The number of hydrogen-bond donors (Lipinski definition) is 1. The van der Waals surface area contributed by atoms with Crippen LogP contribution in [0.5, 0.6) is 0 Å². The molecule has 3 aromatic carbocycles. The first kappa shape index (κ1) is 17.5. The Morgan fingerprint density at radius 2 is 1.60 bits per heavy atom. The maximum Gasteiger partial charge on any atom is 0.225 e. The number of carbonyl (C=O) groups excluding carboxylic acids is 1. The minimum absolute atomic E-state index is 0.113. The molecular weight excluding hydrogens is 358 g/mol. The standard InChI is InChI=1S/C19H16ClNO3S/c20-16-6-9-18(10-7-16)25(23,24)12-11-19(22)21-17-8-5-14-3-1-2-4-15(14)13-17/h1-10,13H,11-12H2,(H,21,22). The van der Waals surface area contributed by atoms with Gasteiger partial charge in [-0.1, -0.05) is 41.9 Å². The van der Waals surface area contributed by atoms with Crippen LogP contribution in [0.15, 0.2) is 71.6 Å². The molecule has 3 rings (SSSR count). The molecule has 0 saturated carbocycles. The summed E-state index contributed by atoms with van der Waals surface area (Å²) in [6.07, 6.45) is -0.113. The van der Waals surface area contributed by atoms with Gasteiger partial charge in [0.05, 0.1) is 10.6 Å². The van der Waals surface area contributed by atoms with Crippen LogP contribution in [0.4, 0.5) is 5.69 Å². The smallest absolute Gasteiger partial charge is 0.225 e. The molecule has 0 saturated heterocycles. The van der Waals surface area contributed by atoms with Gasteiger partial charge in [0.15, 0.2) is 9.84 Å². The van der Waals surface area contributed by atoms with Crippen LogP contribution in [-0.4, -0.2) is 20.1 Å². The molecule has 0 bridgehead atoms. The van der Waals surface area contributed by atoms with Gasteiger partial charge in [0.2, 0.25) is 5.91 Å². The van der Waals surface area contributed by atoms with Crippen molar-refractivity contribution in [2.45, 2.75) is 11.3 Å². The predicted octanol–water partition coefficient (Wildman–Crippen LogP) is 4.30. The van der Waals surface area contributed by atoms with Gasteiger partial charge >= 0.3 is 0 Å². The summed E-state index contributed by atoms with van der Waals surface area (Å²) in [5, 5.41) is 5.29. The van der Waals surface area contributed by atoms with E-state index in [-0.39, 0.29) is 23.0 Å². The molecule has 0 heterocycles. The third-order valence-electron chi connectivity index (χ3n) is 3.80. The van der Waals surface area contributed by atoms with E-state index in [1.54, 1.807) is 6.07 Å². The lowest BCUT2D eigenvalue weighted by Crippen LogP contribution is -2.17. The molecule has 25 heavy (non-hydrogen) atoms. The van der Waals surface area contributed by atoms with Crippen LogP contribution in [0, 0.1) is 0 Å². The van der Waals surface area contributed by atoms with E-state index < -0.39 is 9.84 Å². The Hall–Kier alpha value is -2.37. The Labute approximate surface area is 151 Å². The first-order chi connectivity index (χ1) is 11.9. The van der Waals surface area contributed by atoms with E-state index in [1.165, 1.54) is 24.3 Å². The van der Waals surface area contributed by atoms with Crippen molar-refractivity contribution in [1.82, 2.24) is 0 Å². The maximum atomic E-state index is 12.3. The van der Waals surface area contributed by atoms with Crippen molar-refractivity contribution in [3.8, 4) is 0 Å². The van der Waals surface area contributed by atoms with E-state index >= 15 is 0 Å². The predicted molar refractivity (Wildman–Crippen MR) is 101 cm³/mol. The molecule has 6 heteroatoms. The second kappa shape index (κ2) is 7.25. The molecule has 1 N–H and O–H groups in total. The zero-order valence-electron chi connectivity index (χ0n) is 13.3. The number of nitrogens with one attached hydrogen (secondary N) is 1. The van der Waals surface area contributed by atoms with Crippen LogP contribution in [0.1, 0.15) is 6.42 Å². The van der Waals surface area contributed by atoms with Crippen molar-refractivity contribution in [2.75, 3.05) is 11.1 Å². The average molecular weight is 374 g/mol. The second-order valence-corrected chi connectivity index (χ2v) is 8.18. The van der Waals surface area contributed by atoms with Gasteiger partial charge in [-0.3, -0.25) is 4.79 Å². The maximum absolute atomic E-state index is 12.3. The molecule has 0 spiro atoms. The van der Waals surface area contributed by atoms with Crippen molar-refractivity contribution in [3.63, 3.8) is 0 Å². The fraction of sp³-hybridized carbons (Fsp3) is 0.105. The van der Waals surface area contributed by atoms with Crippen LogP contribution in [0.3, 0.4) is 0 Å².